The molecule has 9 N–H and O–H groups in total. The zero-order chi connectivity index (χ0) is 21.6. The molecule has 9 nitrogen and oxygen atoms in total. The van der Waals surface area contributed by atoms with Crippen molar-refractivity contribution in [3.05, 3.63) is 57.4 Å². The van der Waals surface area contributed by atoms with E-state index in [0.29, 0.717) is 16.3 Å². The summed E-state index contributed by atoms with van der Waals surface area (Å²) in [6, 6.07) is 7.09. The Bertz CT molecular complexity index is 986. The quantitative estimate of drug-likeness (QED) is 0.270. The van der Waals surface area contributed by atoms with Crippen LogP contribution in [0.3, 0.4) is 0 Å². The fourth-order valence-electron chi connectivity index (χ4n) is 2.38. The number of benzene rings is 1. The van der Waals surface area contributed by atoms with Crippen LogP contribution in [0.4, 0.5) is 0 Å². The van der Waals surface area contributed by atoms with Crippen LogP contribution in [-0.4, -0.2) is 27.0 Å². The number of aromatic amines is 1. The number of carbonyl (C=O) groups excluding carboxylic acids is 2. The molecule has 2 rings (SSSR count). The Hall–Kier alpha value is -3.15. The van der Waals surface area contributed by atoms with Crippen molar-refractivity contribution >= 4 is 70.2 Å². The highest BCUT2D eigenvalue weighted by molar-refractivity contribution is 7.80. The van der Waals surface area contributed by atoms with Gasteiger partial charge in [-0.25, -0.2) is 0 Å². The number of carbonyl (C=O) groups is 2. The molecule has 0 aliphatic heterocycles. The Morgan fingerprint density at radius 3 is 2.07 bits per heavy atom. The molecule has 1 aromatic heterocycles. The summed E-state index contributed by atoms with van der Waals surface area (Å²) in [5.74, 6) is -1.10. The number of H-pyrrole nitrogens is 1. The average molecular weight is 452 g/mol. The van der Waals surface area contributed by atoms with Crippen molar-refractivity contribution in [2.75, 3.05) is 0 Å². The number of halogens is 1. The predicted molar refractivity (Wildman–Crippen MR) is 121 cm³/mol. The molecule has 29 heavy (non-hydrogen) atoms. The van der Waals surface area contributed by atoms with Gasteiger partial charge in [-0.05, 0) is 60.7 Å². The molecule has 0 unspecified atom stereocenters. The Kier molecular flexibility index (Phi) is 7.53. The van der Waals surface area contributed by atoms with Crippen molar-refractivity contribution in [1.29, 1.82) is 0 Å². The van der Waals surface area contributed by atoms with Crippen LogP contribution in [0.5, 0.6) is 0 Å². The standard InChI is InChI=1S/C17H18ClN7O2S2/c1-8-12(14(26)22-24-16(19)28)11(7-4-9-2-5-10(18)6-3-9)21-13(8)15(27)23-25-17(20)29/h2-7,21H,1H3,(H,22,26)(H,23,27)(H3,19,24,28)(H3,20,25,29)/b7-4+. The molecule has 0 fully saturated rings. The second-order valence-corrected chi connectivity index (χ2v) is 7.00. The summed E-state index contributed by atoms with van der Waals surface area (Å²) >= 11 is 15.2. The molecule has 1 aromatic carbocycles. The van der Waals surface area contributed by atoms with E-state index in [2.05, 4.69) is 51.1 Å². The smallest absolute Gasteiger partial charge is 0.286 e. The van der Waals surface area contributed by atoms with E-state index in [9.17, 15) is 9.59 Å². The second-order valence-electron chi connectivity index (χ2n) is 5.69. The number of hydrogen-bond acceptors (Lipinski definition) is 4. The van der Waals surface area contributed by atoms with Crippen molar-refractivity contribution < 1.29 is 9.59 Å². The zero-order valence-corrected chi connectivity index (χ0v) is 17.5. The van der Waals surface area contributed by atoms with Crippen LogP contribution >= 0.6 is 36.0 Å². The van der Waals surface area contributed by atoms with E-state index in [1.54, 1.807) is 31.2 Å². The van der Waals surface area contributed by atoms with Gasteiger partial charge in [0.2, 0.25) is 0 Å². The number of hydrogen-bond donors (Lipinski definition) is 7. The topological polar surface area (TPSA) is 150 Å². The van der Waals surface area contributed by atoms with Gasteiger partial charge in [0.25, 0.3) is 11.8 Å². The van der Waals surface area contributed by atoms with Crippen molar-refractivity contribution in [2.24, 2.45) is 11.5 Å². The number of aromatic nitrogens is 1. The minimum absolute atomic E-state index is 0.107. The molecule has 0 bridgehead atoms. The molecule has 1 heterocycles. The van der Waals surface area contributed by atoms with E-state index in [0.717, 1.165) is 5.56 Å². The number of nitrogens with two attached hydrogens (primary N) is 2. The highest BCUT2D eigenvalue weighted by atomic mass is 35.5. The first-order valence-electron chi connectivity index (χ1n) is 8.06. The Morgan fingerprint density at radius 1 is 0.966 bits per heavy atom. The molecule has 0 spiro atoms. The van der Waals surface area contributed by atoms with Crippen LogP contribution in [0, 0.1) is 6.92 Å². The third-order valence-electron chi connectivity index (χ3n) is 3.64. The van der Waals surface area contributed by atoms with Crippen LogP contribution in [0.15, 0.2) is 24.3 Å². The third kappa shape index (κ3) is 6.17. The van der Waals surface area contributed by atoms with Gasteiger partial charge in [-0.2, -0.15) is 0 Å². The summed E-state index contributed by atoms with van der Waals surface area (Å²) in [6.45, 7) is 1.61. The molecule has 2 aromatic rings. The third-order valence-corrected chi connectivity index (χ3v) is 4.10. The van der Waals surface area contributed by atoms with Crippen LogP contribution < -0.4 is 33.2 Å². The number of thiocarbonyl (C=S) groups is 2. The molecule has 0 saturated carbocycles. The lowest BCUT2D eigenvalue weighted by atomic mass is 10.1. The first kappa shape index (κ1) is 22.1. The van der Waals surface area contributed by atoms with Gasteiger partial charge < -0.3 is 16.5 Å². The molecule has 12 heteroatoms. The van der Waals surface area contributed by atoms with Gasteiger partial charge in [0.05, 0.1) is 11.3 Å². The van der Waals surface area contributed by atoms with E-state index < -0.39 is 11.8 Å². The zero-order valence-electron chi connectivity index (χ0n) is 15.1. The lowest BCUT2D eigenvalue weighted by Crippen LogP contribution is -2.45. The van der Waals surface area contributed by atoms with Crippen LogP contribution in [-0.2, 0) is 0 Å². The van der Waals surface area contributed by atoms with Gasteiger partial charge in [-0.1, -0.05) is 29.8 Å². The average Bonchev–Trinajstić information content (AvgIpc) is 3.00. The number of nitrogens with one attached hydrogen (secondary N) is 5. The van der Waals surface area contributed by atoms with Gasteiger partial charge in [0, 0.05) is 5.02 Å². The lowest BCUT2D eigenvalue weighted by molar-refractivity contribution is 0.0937. The monoisotopic (exact) mass is 451 g/mol. The molecular weight excluding hydrogens is 434 g/mol. The maximum absolute atomic E-state index is 12.6. The summed E-state index contributed by atoms with van der Waals surface area (Å²) in [6.07, 6.45) is 3.41. The van der Waals surface area contributed by atoms with Gasteiger partial charge in [-0.3, -0.25) is 31.3 Å². The second kappa shape index (κ2) is 9.87. The Morgan fingerprint density at radius 2 is 1.52 bits per heavy atom. The van der Waals surface area contributed by atoms with Crippen LogP contribution in [0.2, 0.25) is 5.02 Å². The lowest BCUT2D eigenvalue weighted by Gasteiger charge is -2.07. The molecule has 0 radical (unpaired) electrons. The minimum atomic E-state index is -0.558. The van der Waals surface area contributed by atoms with E-state index in [-0.39, 0.29) is 21.5 Å². The molecule has 0 aliphatic rings. The van der Waals surface area contributed by atoms with E-state index in [4.69, 9.17) is 23.1 Å². The number of hydrazine groups is 2. The fraction of sp³-hybridized carbons (Fsp3) is 0.0588. The fourth-order valence-corrected chi connectivity index (χ4v) is 2.61. The summed E-state index contributed by atoms with van der Waals surface area (Å²) in [7, 11) is 0. The van der Waals surface area contributed by atoms with E-state index in [1.807, 2.05) is 12.1 Å². The first-order valence-corrected chi connectivity index (χ1v) is 9.26. The summed E-state index contributed by atoms with van der Waals surface area (Å²) in [5, 5.41) is 0.387. The first-order chi connectivity index (χ1) is 13.7. The van der Waals surface area contributed by atoms with Crippen LogP contribution in [0.25, 0.3) is 12.2 Å². The molecule has 0 aliphatic carbocycles. The maximum atomic E-state index is 12.6. The summed E-state index contributed by atoms with van der Waals surface area (Å²) in [4.78, 5) is 27.9. The highest BCUT2D eigenvalue weighted by Gasteiger charge is 2.23. The predicted octanol–water partition coefficient (Wildman–Crippen LogP) is 1.10. The number of rotatable bonds is 4. The van der Waals surface area contributed by atoms with Crippen molar-refractivity contribution in [2.45, 2.75) is 6.92 Å². The molecular formula is C17H18ClN7O2S2. The maximum Gasteiger partial charge on any atom is 0.286 e. The normalized spacial score (nSPS) is 10.4. The molecule has 152 valence electrons. The summed E-state index contributed by atoms with van der Waals surface area (Å²) < 4.78 is 0. The van der Waals surface area contributed by atoms with Gasteiger partial charge in [0.15, 0.2) is 10.2 Å². The molecule has 0 saturated heterocycles. The summed E-state index contributed by atoms with van der Waals surface area (Å²) in [5.41, 5.74) is 22.1. The Labute approximate surface area is 182 Å². The molecule has 2 amide bonds. The SMILES string of the molecule is Cc1c(C(=O)NNC(N)=S)[nH]c(/C=C/c2ccc(Cl)cc2)c1C(=O)NNC(N)=S. The van der Waals surface area contributed by atoms with Crippen molar-refractivity contribution in [1.82, 2.24) is 26.7 Å². The van der Waals surface area contributed by atoms with Crippen LogP contribution in [0.1, 0.15) is 37.7 Å². The highest BCUT2D eigenvalue weighted by Crippen LogP contribution is 2.21. The van der Waals surface area contributed by atoms with E-state index >= 15 is 0 Å². The van der Waals surface area contributed by atoms with Crippen molar-refractivity contribution in [3.63, 3.8) is 0 Å². The largest absolute Gasteiger partial charge is 0.375 e. The molecule has 0 atom stereocenters. The minimum Gasteiger partial charge on any atom is -0.375 e. The van der Waals surface area contributed by atoms with Gasteiger partial charge >= 0.3 is 0 Å². The van der Waals surface area contributed by atoms with Crippen molar-refractivity contribution in [3.8, 4) is 0 Å². The van der Waals surface area contributed by atoms with Gasteiger partial charge in [-0.15, -0.1) is 0 Å². The number of amides is 2. The Balaban J connectivity index is 2.40. The van der Waals surface area contributed by atoms with E-state index in [1.165, 1.54) is 0 Å². The van der Waals surface area contributed by atoms with Gasteiger partial charge in [0.1, 0.15) is 5.69 Å².